The van der Waals surface area contributed by atoms with Crippen LogP contribution in [-0.2, 0) is 32.2 Å². The quantitative estimate of drug-likeness (QED) is 0.0778. The molecule has 1 fully saturated rings. The second-order valence-electron chi connectivity index (χ2n) is 17.9. The molecule has 354 valence electrons. The van der Waals surface area contributed by atoms with Crippen LogP contribution in [0.2, 0.25) is 5.02 Å². The summed E-state index contributed by atoms with van der Waals surface area (Å²) in [5, 5.41) is 6.90. The number of nitrogen functional groups attached to an aromatic ring is 2. The molecule has 66 heavy (non-hydrogen) atoms. The van der Waals surface area contributed by atoms with Crippen LogP contribution in [0.1, 0.15) is 138 Å². The van der Waals surface area contributed by atoms with Crippen LogP contribution in [0.3, 0.4) is 0 Å². The summed E-state index contributed by atoms with van der Waals surface area (Å²) < 4.78 is 19.9. The van der Waals surface area contributed by atoms with Gasteiger partial charge in [0.25, 0.3) is 0 Å². The van der Waals surface area contributed by atoms with Crippen molar-refractivity contribution >= 4 is 57.8 Å². The number of urea groups is 2. The third-order valence-corrected chi connectivity index (χ3v) is 13.2. The van der Waals surface area contributed by atoms with E-state index < -0.39 is 5.82 Å². The van der Waals surface area contributed by atoms with Gasteiger partial charge in [0.15, 0.2) is 0 Å². The largest absolute Gasteiger partial charge is 0.497 e. The number of anilines is 6. The first kappa shape index (κ1) is 51.2. The van der Waals surface area contributed by atoms with Gasteiger partial charge in [-0.05, 0) is 132 Å². The number of rotatable bonds is 15. The molecule has 0 aliphatic heterocycles. The molecule has 0 atom stereocenters. The highest BCUT2D eigenvalue weighted by molar-refractivity contribution is 6.32. The summed E-state index contributed by atoms with van der Waals surface area (Å²) in [4.78, 5) is 30.8. The molecule has 0 aromatic heterocycles. The van der Waals surface area contributed by atoms with Gasteiger partial charge >= 0.3 is 12.1 Å². The number of hydrogen-bond donors (Lipinski definition) is 4. The minimum Gasteiger partial charge on any atom is -0.497 e. The Bertz CT molecular complexity index is 2370. The molecule has 0 bridgehead atoms. The van der Waals surface area contributed by atoms with Crippen LogP contribution >= 0.6 is 11.6 Å². The molecule has 1 aliphatic carbocycles. The second-order valence-corrected chi connectivity index (χ2v) is 18.3. The van der Waals surface area contributed by atoms with Gasteiger partial charge in [0.1, 0.15) is 11.6 Å². The predicted molar refractivity (Wildman–Crippen MR) is 276 cm³/mol. The lowest BCUT2D eigenvalue weighted by molar-refractivity contribution is 0.253. The van der Waals surface area contributed by atoms with E-state index >= 15 is 0 Å². The Labute approximate surface area is 398 Å². The molecular formula is C55H72ClFN6O3. The van der Waals surface area contributed by atoms with Gasteiger partial charge in [0.05, 0.1) is 25.0 Å². The summed E-state index contributed by atoms with van der Waals surface area (Å²) in [5.41, 5.74) is 23.5. The number of methoxy groups -OCH3 is 1. The van der Waals surface area contributed by atoms with Crippen molar-refractivity contribution in [2.45, 2.75) is 132 Å². The van der Waals surface area contributed by atoms with Crippen molar-refractivity contribution in [3.05, 3.63) is 135 Å². The predicted octanol–water partition coefficient (Wildman–Crippen LogP) is 14.7. The number of hydrogen-bond acceptors (Lipinski definition) is 5. The standard InChI is InChI=1S/C28H34FN3O2.C27H38ClN3O/c1-6-19-11-15-26(30)24(7-2)27(19)31-28(33)32(22-12-8-20(9-13-22)18(3)4)17-21-10-14-23(34-5)16-25(21)29;1-5-22-24(28)16-25(29)23(6-2)26(22)30-27(32)31(17-19-10-8-7-9-11-19)21-14-12-20(13-15-21)18(3)4/h8-16,18H,6-7,17,30H2,1-5H3,(H,31,33);12-16,18-19H,5-11,17,29H2,1-4H3,(H,30,32). The highest BCUT2D eigenvalue weighted by Gasteiger charge is 2.26. The van der Waals surface area contributed by atoms with Crippen molar-refractivity contribution in [3.63, 3.8) is 0 Å². The maximum absolute atomic E-state index is 14.8. The van der Waals surface area contributed by atoms with E-state index in [1.54, 1.807) is 23.1 Å². The van der Waals surface area contributed by atoms with Gasteiger partial charge in [-0.2, -0.15) is 0 Å². The van der Waals surface area contributed by atoms with E-state index in [-0.39, 0.29) is 18.6 Å². The van der Waals surface area contributed by atoms with Crippen LogP contribution in [0.25, 0.3) is 0 Å². The zero-order valence-corrected chi connectivity index (χ0v) is 41.4. The van der Waals surface area contributed by atoms with Crippen molar-refractivity contribution < 1.29 is 18.7 Å². The lowest BCUT2D eigenvalue weighted by atomic mass is 9.89. The molecule has 1 aliphatic rings. The third-order valence-electron chi connectivity index (χ3n) is 12.9. The molecule has 11 heteroatoms. The Morgan fingerprint density at radius 3 is 1.70 bits per heavy atom. The average molecular weight is 920 g/mol. The molecule has 0 heterocycles. The lowest BCUT2D eigenvalue weighted by Gasteiger charge is -2.31. The smallest absolute Gasteiger partial charge is 0.326 e. The number of nitrogens with two attached hydrogens (primary N) is 2. The SMILES string of the molecule is CCc1c(N)cc(Cl)c(CC)c1NC(=O)N(CC1CCCCC1)c1ccc(C(C)C)cc1.CCc1ccc(N)c(CC)c1NC(=O)N(Cc1ccc(OC)cc1F)c1ccc(C(C)C)cc1. The van der Waals surface area contributed by atoms with Gasteiger partial charge in [-0.1, -0.05) is 123 Å². The Balaban J connectivity index is 0.000000248. The van der Waals surface area contributed by atoms with E-state index in [0.29, 0.717) is 57.6 Å². The van der Waals surface area contributed by atoms with E-state index in [1.807, 2.05) is 55.1 Å². The summed E-state index contributed by atoms with van der Waals surface area (Å²) in [6.45, 7) is 17.5. The van der Waals surface area contributed by atoms with Gasteiger partial charge in [0, 0.05) is 45.9 Å². The maximum Gasteiger partial charge on any atom is 0.326 e. The Hall–Kier alpha value is -5.74. The molecular weight excluding hydrogens is 847 g/mol. The molecule has 6 N–H and O–H groups in total. The fourth-order valence-corrected chi connectivity index (χ4v) is 9.12. The first-order chi connectivity index (χ1) is 31.6. The number of aryl methyl sites for hydroxylation is 1. The summed E-state index contributed by atoms with van der Waals surface area (Å²) in [6.07, 6.45) is 9.05. The molecule has 0 unspecified atom stereocenters. The van der Waals surface area contributed by atoms with Gasteiger partial charge in [-0.25, -0.2) is 14.0 Å². The van der Waals surface area contributed by atoms with Gasteiger partial charge < -0.3 is 26.8 Å². The molecule has 0 radical (unpaired) electrons. The minimum absolute atomic E-state index is 0.0634. The van der Waals surface area contributed by atoms with E-state index in [0.717, 1.165) is 70.7 Å². The van der Waals surface area contributed by atoms with Crippen molar-refractivity contribution in [2.24, 2.45) is 5.92 Å². The second kappa shape index (κ2) is 24.2. The fraction of sp³-hybridized carbons (Fsp3) is 0.418. The lowest BCUT2D eigenvalue weighted by Crippen LogP contribution is -2.39. The number of carbonyl (C=O) groups excluding carboxylic acids is 2. The Kier molecular flexibility index (Phi) is 18.8. The van der Waals surface area contributed by atoms with Gasteiger partial charge in [-0.3, -0.25) is 9.80 Å². The van der Waals surface area contributed by atoms with E-state index in [9.17, 15) is 14.0 Å². The Morgan fingerprint density at radius 1 is 0.667 bits per heavy atom. The first-order valence-corrected chi connectivity index (χ1v) is 24.2. The summed E-state index contributed by atoms with van der Waals surface area (Å²) in [6, 6.07) is 26.0. The number of ether oxygens (including phenoxy) is 1. The van der Waals surface area contributed by atoms with Crippen LogP contribution in [0.5, 0.6) is 5.75 Å². The summed E-state index contributed by atoms with van der Waals surface area (Å²) in [5.74, 6) is 1.35. The fourth-order valence-electron chi connectivity index (χ4n) is 8.77. The van der Waals surface area contributed by atoms with Crippen LogP contribution in [-0.4, -0.2) is 25.7 Å². The van der Waals surface area contributed by atoms with E-state index in [2.05, 4.69) is 76.4 Å². The van der Waals surface area contributed by atoms with Crippen molar-refractivity contribution in [1.82, 2.24) is 0 Å². The molecule has 1 saturated carbocycles. The molecule has 5 aromatic carbocycles. The molecule has 6 rings (SSSR count). The van der Waals surface area contributed by atoms with Crippen molar-refractivity contribution in [3.8, 4) is 5.75 Å². The number of amides is 4. The van der Waals surface area contributed by atoms with Crippen LogP contribution in [0.15, 0.2) is 84.9 Å². The molecule has 9 nitrogen and oxygen atoms in total. The zero-order chi connectivity index (χ0) is 48.1. The number of nitrogens with zero attached hydrogens (tertiary/aromatic N) is 2. The number of halogens is 2. The average Bonchev–Trinajstić information content (AvgIpc) is 3.31. The number of carbonyl (C=O) groups is 2. The minimum atomic E-state index is -0.427. The highest BCUT2D eigenvalue weighted by atomic mass is 35.5. The topological polar surface area (TPSA) is 126 Å². The Morgan fingerprint density at radius 2 is 1.18 bits per heavy atom. The molecule has 0 saturated heterocycles. The summed E-state index contributed by atoms with van der Waals surface area (Å²) in [7, 11) is 1.49. The van der Waals surface area contributed by atoms with Crippen molar-refractivity contribution in [2.75, 3.05) is 45.6 Å². The van der Waals surface area contributed by atoms with E-state index in [4.69, 9.17) is 27.8 Å². The number of benzene rings is 5. The van der Waals surface area contributed by atoms with E-state index in [1.165, 1.54) is 50.8 Å². The highest BCUT2D eigenvalue weighted by Crippen LogP contribution is 2.36. The maximum atomic E-state index is 14.8. The summed E-state index contributed by atoms with van der Waals surface area (Å²) >= 11 is 6.50. The first-order valence-electron chi connectivity index (χ1n) is 23.8. The number of nitrogens with one attached hydrogen (secondary N) is 2. The molecule has 4 amide bonds. The third kappa shape index (κ3) is 12.8. The van der Waals surface area contributed by atoms with Crippen LogP contribution in [0.4, 0.5) is 48.1 Å². The molecule has 0 spiro atoms. The normalized spacial score (nSPS) is 12.7. The van der Waals surface area contributed by atoms with Gasteiger partial charge in [-0.15, -0.1) is 0 Å². The molecule has 5 aromatic rings. The van der Waals surface area contributed by atoms with Crippen LogP contribution < -0.4 is 36.6 Å². The zero-order valence-electron chi connectivity index (χ0n) is 40.6. The van der Waals surface area contributed by atoms with Gasteiger partial charge in [0.2, 0.25) is 0 Å². The monoisotopic (exact) mass is 919 g/mol. The van der Waals surface area contributed by atoms with Crippen LogP contribution in [0, 0.1) is 11.7 Å². The van der Waals surface area contributed by atoms with Crippen molar-refractivity contribution in [1.29, 1.82) is 0 Å².